The number of imide groups is 1. The number of rotatable bonds is 7. The molecule has 0 atom stereocenters. The Morgan fingerprint density at radius 2 is 1.57 bits per heavy atom. The Bertz CT molecular complexity index is 618. The van der Waals surface area contributed by atoms with Gasteiger partial charge in [-0.1, -0.05) is 38.3 Å². The van der Waals surface area contributed by atoms with Gasteiger partial charge in [0.15, 0.2) is 0 Å². The molecule has 1 aromatic rings. The Balaban J connectivity index is 2.04. The molecule has 1 aliphatic heterocycles. The van der Waals surface area contributed by atoms with E-state index < -0.39 is 21.9 Å². The minimum absolute atomic E-state index is 0.156. The van der Waals surface area contributed by atoms with Gasteiger partial charge in [-0.25, -0.2) is 0 Å². The van der Waals surface area contributed by atoms with Gasteiger partial charge in [0.05, 0.1) is 16.9 Å². The summed E-state index contributed by atoms with van der Waals surface area (Å²) >= 11 is 0. The molecule has 114 valence electrons. The number of amides is 2. The predicted octanol–water partition coefficient (Wildman–Crippen LogP) is 2.12. The van der Waals surface area contributed by atoms with Crippen molar-refractivity contribution in [2.75, 3.05) is 5.75 Å². The predicted molar refractivity (Wildman–Crippen MR) is 76.0 cm³/mol. The maximum atomic E-state index is 12.0. The summed E-state index contributed by atoms with van der Waals surface area (Å²) in [6.07, 6.45) is 3.13. The van der Waals surface area contributed by atoms with Crippen molar-refractivity contribution < 1.29 is 22.3 Å². The van der Waals surface area contributed by atoms with Crippen molar-refractivity contribution in [3.8, 4) is 0 Å². The fourth-order valence-electron chi connectivity index (χ4n) is 2.09. The smallest absolute Gasteiger partial charge is 0.266 e. The number of hydrogen-bond acceptors (Lipinski definition) is 5. The van der Waals surface area contributed by atoms with Crippen LogP contribution in [0.1, 0.15) is 53.3 Å². The van der Waals surface area contributed by atoms with E-state index >= 15 is 0 Å². The average molecular weight is 311 g/mol. The number of fused-ring (bicyclic) bond motifs is 1. The second-order valence-electron chi connectivity index (χ2n) is 4.85. The number of hydrogen-bond donors (Lipinski definition) is 0. The third kappa shape index (κ3) is 3.48. The van der Waals surface area contributed by atoms with Gasteiger partial charge in [-0.3, -0.25) is 9.59 Å². The summed E-state index contributed by atoms with van der Waals surface area (Å²) in [6, 6.07) is 6.14. The van der Waals surface area contributed by atoms with Crippen LogP contribution in [0.2, 0.25) is 0 Å². The standard InChI is InChI=1S/C14H17NO5S/c1-2-3-4-7-10-21(18,19)20-15-13(16)11-8-5-6-9-12(11)14(15)17/h5-6,8-9H,2-4,7,10H2,1H3. The van der Waals surface area contributed by atoms with E-state index in [-0.39, 0.29) is 16.9 Å². The molecule has 0 saturated carbocycles. The van der Waals surface area contributed by atoms with Crippen LogP contribution in [0.3, 0.4) is 0 Å². The maximum absolute atomic E-state index is 12.0. The molecule has 0 aromatic heterocycles. The molecule has 0 spiro atoms. The third-order valence-corrected chi connectivity index (χ3v) is 4.36. The van der Waals surface area contributed by atoms with Gasteiger partial charge in [0.25, 0.3) is 21.9 Å². The van der Waals surface area contributed by atoms with Crippen LogP contribution in [-0.4, -0.2) is 31.0 Å². The molecule has 0 aliphatic carbocycles. The van der Waals surface area contributed by atoms with Crippen LogP contribution in [0.25, 0.3) is 0 Å². The number of carbonyl (C=O) groups is 2. The summed E-state index contributed by atoms with van der Waals surface area (Å²) in [4.78, 5) is 24.0. The number of nitrogens with zero attached hydrogens (tertiary/aromatic N) is 1. The molecule has 0 fully saturated rings. The molecule has 1 aromatic carbocycles. The van der Waals surface area contributed by atoms with E-state index in [0.717, 1.165) is 19.3 Å². The molecule has 2 rings (SSSR count). The van der Waals surface area contributed by atoms with Gasteiger partial charge in [-0.15, -0.1) is 9.35 Å². The highest BCUT2D eigenvalue weighted by Crippen LogP contribution is 2.23. The Morgan fingerprint density at radius 3 is 2.10 bits per heavy atom. The number of unbranched alkanes of at least 4 members (excludes halogenated alkanes) is 3. The lowest BCUT2D eigenvalue weighted by atomic mass is 10.1. The van der Waals surface area contributed by atoms with Gasteiger partial charge in [-0.2, -0.15) is 8.42 Å². The maximum Gasteiger partial charge on any atom is 0.288 e. The van der Waals surface area contributed by atoms with E-state index in [1.165, 1.54) is 12.1 Å². The Morgan fingerprint density at radius 1 is 1.00 bits per heavy atom. The van der Waals surface area contributed by atoms with E-state index in [1.54, 1.807) is 12.1 Å². The largest absolute Gasteiger partial charge is 0.288 e. The van der Waals surface area contributed by atoms with Crippen LogP contribution in [0.4, 0.5) is 0 Å². The minimum Gasteiger partial charge on any atom is -0.266 e. The summed E-state index contributed by atoms with van der Waals surface area (Å²) in [5, 5.41) is 0.333. The highest BCUT2D eigenvalue weighted by Gasteiger charge is 2.39. The Hall–Kier alpha value is -1.73. The number of carbonyl (C=O) groups excluding carboxylic acids is 2. The summed E-state index contributed by atoms with van der Waals surface area (Å²) in [6.45, 7) is 2.02. The van der Waals surface area contributed by atoms with Crippen molar-refractivity contribution in [1.82, 2.24) is 5.06 Å². The van der Waals surface area contributed by atoms with E-state index in [0.29, 0.717) is 11.5 Å². The van der Waals surface area contributed by atoms with Crippen molar-refractivity contribution in [2.24, 2.45) is 0 Å². The molecular formula is C14H17NO5S. The average Bonchev–Trinajstić information content (AvgIpc) is 2.69. The molecule has 7 heteroatoms. The molecule has 21 heavy (non-hydrogen) atoms. The van der Waals surface area contributed by atoms with E-state index in [2.05, 4.69) is 0 Å². The van der Waals surface area contributed by atoms with Gasteiger partial charge in [0.1, 0.15) is 0 Å². The topological polar surface area (TPSA) is 80.8 Å². The van der Waals surface area contributed by atoms with Crippen LogP contribution < -0.4 is 0 Å². The number of hydroxylamine groups is 2. The van der Waals surface area contributed by atoms with Crippen LogP contribution >= 0.6 is 0 Å². The molecule has 0 N–H and O–H groups in total. The fourth-order valence-corrected chi connectivity index (χ4v) is 3.09. The first-order valence-electron chi connectivity index (χ1n) is 6.86. The van der Waals surface area contributed by atoms with E-state index in [1.807, 2.05) is 6.92 Å². The SMILES string of the molecule is CCCCCCS(=O)(=O)ON1C(=O)c2ccccc2C1=O. The Labute approximate surface area is 123 Å². The number of benzene rings is 1. The lowest BCUT2D eigenvalue weighted by molar-refractivity contribution is -0.0103. The zero-order valence-corrected chi connectivity index (χ0v) is 12.6. The first-order chi connectivity index (χ1) is 9.96. The zero-order valence-electron chi connectivity index (χ0n) is 11.7. The molecule has 0 unspecified atom stereocenters. The minimum atomic E-state index is -3.94. The first kappa shape index (κ1) is 15.7. The lowest BCUT2D eigenvalue weighted by Crippen LogP contribution is -2.33. The molecule has 1 heterocycles. The van der Waals surface area contributed by atoms with Crippen molar-refractivity contribution in [2.45, 2.75) is 32.6 Å². The van der Waals surface area contributed by atoms with Crippen LogP contribution in [0, 0.1) is 0 Å². The van der Waals surface area contributed by atoms with Gasteiger partial charge in [-0.05, 0) is 18.6 Å². The van der Waals surface area contributed by atoms with Crippen LogP contribution in [0.15, 0.2) is 24.3 Å². The molecule has 1 aliphatic rings. The van der Waals surface area contributed by atoms with Gasteiger partial charge in [0.2, 0.25) is 0 Å². The van der Waals surface area contributed by atoms with Gasteiger partial charge in [0, 0.05) is 0 Å². The van der Waals surface area contributed by atoms with Crippen molar-refractivity contribution in [3.63, 3.8) is 0 Å². The van der Waals surface area contributed by atoms with Crippen molar-refractivity contribution >= 4 is 21.9 Å². The van der Waals surface area contributed by atoms with E-state index in [9.17, 15) is 18.0 Å². The molecule has 0 radical (unpaired) electrons. The van der Waals surface area contributed by atoms with Gasteiger partial charge < -0.3 is 0 Å². The molecular weight excluding hydrogens is 294 g/mol. The highest BCUT2D eigenvalue weighted by atomic mass is 32.2. The van der Waals surface area contributed by atoms with E-state index in [4.69, 9.17) is 4.28 Å². The lowest BCUT2D eigenvalue weighted by Gasteiger charge is -2.12. The quantitative estimate of drug-likeness (QED) is 0.569. The molecule has 0 saturated heterocycles. The molecule has 2 amide bonds. The zero-order chi connectivity index (χ0) is 15.5. The van der Waals surface area contributed by atoms with Crippen LogP contribution in [0.5, 0.6) is 0 Å². The fraction of sp³-hybridized carbons (Fsp3) is 0.429. The first-order valence-corrected chi connectivity index (χ1v) is 8.44. The van der Waals surface area contributed by atoms with Crippen molar-refractivity contribution in [1.29, 1.82) is 0 Å². The van der Waals surface area contributed by atoms with Crippen molar-refractivity contribution in [3.05, 3.63) is 35.4 Å². The Kier molecular flexibility index (Phi) is 4.74. The molecule has 6 nitrogen and oxygen atoms in total. The third-order valence-electron chi connectivity index (χ3n) is 3.19. The summed E-state index contributed by atoms with van der Waals surface area (Å²) in [5.41, 5.74) is 0.312. The van der Waals surface area contributed by atoms with Crippen LogP contribution in [-0.2, 0) is 14.4 Å². The monoisotopic (exact) mass is 311 g/mol. The summed E-state index contributed by atoms with van der Waals surface area (Å²) < 4.78 is 28.3. The summed E-state index contributed by atoms with van der Waals surface area (Å²) in [5.74, 6) is -1.69. The second kappa shape index (κ2) is 6.36. The summed E-state index contributed by atoms with van der Waals surface area (Å²) in [7, 11) is -3.94. The van der Waals surface area contributed by atoms with Gasteiger partial charge >= 0.3 is 0 Å². The highest BCUT2D eigenvalue weighted by molar-refractivity contribution is 7.86. The molecule has 0 bridgehead atoms. The second-order valence-corrected chi connectivity index (χ2v) is 6.52. The normalized spacial score (nSPS) is 14.6.